The van der Waals surface area contributed by atoms with Crippen molar-refractivity contribution in [3.05, 3.63) is 120 Å². The van der Waals surface area contributed by atoms with Crippen LogP contribution in [0.25, 0.3) is 0 Å². The molecule has 0 saturated carbocycles. The van der Waals surface area contributed by atoms with Crippen LogP contribution in [0.2, 0.25) is 0 Å². The largest absolute Gasteiger partial charge is 0.482 e. The number of anilines is 2. The molecular weight excluding hydrogens is 620 g/mol. The lowest BCUT2D eigenvalue weighted by molar-refractivity contribution is -0.154. The second-order valence-corrected chi connectivity index (χ2v) is 10.1. The average molecular weight is 657 g/mol. The van der Waals surface area contributed by atoms with Crippen molar-refractivity contribution in [2.45, 2.75) is 13.2 Å². The first kappa shape index (κ1) is 35.1. The number of benzene rings is 4. The van der Waals surface area contributed by atoms with Crippen molar-refractivity contribution in [1.29, 1.82) is 0 Å². The van der Waals surface area contributed by atoms with E-state index in [0.29, 0.717) is 36.1 Å². The summed E-state index contributed by atoms with van der Waals surface area (Å²) in [7, 11) is 0. The molecule has 0 aliphatic carbocycles. The zero-order valence-corrected chi connectivity index (χ0v) is 26.1. The van der Waals surface area contributed by atoms with Crippen LogP contribution in [0.5, 0.6) is 11.5 Å². The van der Waals surface area contributed by atoms with E-state index in [9.17, 15) is 19.2 Å². The van der Waals surface area contributed by atoms with Crippen LogP contribution in [0.15, 0.2) is 109 Å². The lowest BCUT2D eigenvalue weighted by atomic mass is 10.2. The molecule has 0 saturated heterocycles. The van der Waals surface area contributed by atoms with Gasteiger partial charge in [0.1, 0.15) is 37.9 Å². The van der Waals surface area contributed by atoms with Crippen LogP contribution in [0, 0.1) is 0 Å². The molecule has 0 aliphatic rings. The quantitative estimate of drug-likeness (QED) is 0.109. The molecule has 4 aromatic carbocycles. The minimum atomic E-state index is -0.648. The molecule has 4 aromatic rings. The SMILES string of the molecule is O=C(COCc1ccccc1)Nc1ccc(OCC(=O)OCCOC(=O)COc2ccc(NC(=O)COCc3ccccc3)cc2)cc1. The van der Waals surface area contributed by atoms with E-state index in [-0.39, 0.29) is 51.5 Å². The average Bonchev–Trinajstić information content (AvgIpc) is 3.10. The van der Waals surface area contributed by atoms with Crippen molar-refractivity contribution < 1.29 is 47.6 Å². The standard InChI is InChI=1S/C36H36N2O10/c39-33(23-43-21-27-7-3-1-4-8-27)37-29-11-15-31(16-12-29)47-25-35(41)45-19-20-46-36(42)26-48-32-17-13-30(14-18-32)38-34(40)24-44-22-28-9-5-2-6-10-28/h1-18H,19-26H2,(H,37,39)(H,38,40). The number of ether oxygens (including phenoxy) is 6. The number of carbonyl (C=O) groups excluding carboxylic acids is 4. The Bertz CT molecular complexity index is 1460. The molecule has 0 bridgehead atoms. The molecule has 0 heterocycles. The summed E-state index contributed by atoms with van der Waals surface area (Å²) in [6.07, 6.45) is 0. The first-order chi connectivity index (χ1) is 23.4. The van der Waals surface area contributed by atoms with E-state index in [2.05, 4.69) is 10.6 Å². The highest BCUT2D eigenvalue weighted by atomic mass is 16.6. The summed E-state index contributed by atoms with van der Waals surface area (Å²) in [5.74, 6) is -1.09. The maximum atomic E-state index is 12.1. The smallest absolute Gasteiger partial charge is 0.344 e. The molecule has 0 aliphatic heterocycles. The van der Waals surface area contributed by atoms with Crippen molar-refractivity contribution in [3.63, 3.8) is 0 Å². The van der Waals surface area contributed by atoms with Gasteiger partial charge in [0.15, 0.2) is 13.2 Å². The maximum Gasteiger partial charge on any atom is 0.344 e. The Hall–Kier alpha value is -5.72. The molecular formula is C36H36N2O10. The molecule has 2 amide bonds. The van der Waals surface area contributed by atoms with Crippen LogP contribution >= 0.6 is 0 Å². The number of carbonyl (C=O) groups is 4. The van der Waals surface area contributed by atoms with Crippen LogP contribution in [0.1, 0.15) is 11.1 Å². The highest BCUT2D eigenvalue weighted by molar-refractivity contribution is 5.92. The van der Waals surface area contributed by atoms with Crippen molar-refractivity contribution in [3.8, 4) is 11.5 Å². The van der Waals surface area contributed by atoms with Gasteiger partial charge in [0.25, 0.3) is 0 Å². The first-order valence-electron chi connectivity index (χ1n) is 15.0. The van der Waals surface area contributed by atoms with Gasteiger partial charge in [-0.05, 0) is 59.7 Å². The van der Waals surface area contributed by atoms with E-state index in [0.717, 1.165) is 11.1 Å². The van der Waals surface area contributed by atoms with Crippen LogP contribution in [0.4, 0.5) is 11.4 Å². The summed E-state index contributed by atoms with van der Waals surface area (Å²) in [5.41, 5.74) is 3.04. The van der Waals surface area contributed by atoms with E-state index in [1.54, 1.807) is 48.5 Å². The van der Waals surface area contributed by atoms with E-state index in [1.807, 2.05) is 60.7 Å². The minimum absolute atomic E-state index is 0.0927. The highest BCUT2D eigenvalue weighted by Crippen LogP contribution is 2.17. The summed E-state index contributed by atoms with van der Waals surface area (Å²) < 4.78 is 31.7. The van der Waals surface area contributed by atoms with E-state index < -0.39 is 11.9 Å². The van der Waals surface area contributed by atoms with E-state index in [4.69, 9.17) is 28.4 Å². The summed E-state index contributed by atoms with van der Waals surface area (Å²) >= 11 is 0. The number of esters is 2. The highest BCUT2D eigenvalue weighted by Gasteiger charge is 2.09. The normalized spacial score (nSPS) is 10.4. The van der Waals surface area contributed by atoms with Crippen LogP contribution < -0.4 is 20.1 Å². The predicted octanol–water partition coefficient (Wildman–Crippen LogP) is 4.54. The molecule has 4 rings (SSSR count). The van der Waals surface area contributed by atoms with Crippen LogP contribution in [0.3, 0.4) is 0 Å². The van der Waals surface area contributed by atoms with E-state index in [1.165, 1.54) is 0 Å². The second kappa shape index (κ2) is 19.7. The van der Waals surface area contributed by atoms with Crippen molar-refractivity contribution in [2.24, 2.45) is 0 Å². The van der Waals surface area contributed by atoms with Crippen LogP contribution in [-0.4, -0.2) is 63.4 Å². The Balaban J connectivity index is 1.01. The molecule has 0 fully saturated rings. The van der Waals surface area contributed by atoms with Crippen molar-refractivity contribution in [2.75, 3.05) is 50.3 Å². The van der Waals surface area contributed by atoms with E-state index >= 15 is 0 Å². The summed E-state index contributed by atoms with van der Waals surface area (Å²) in [6, 6.07) is 32.0. The van der Waals surface area contributed by atoms with Gasteiger partial charge in [-0.2, -0.15) is 0 Å². The number of hydrogen-bond acceptors (Lipinski definition) is 10. The van der Waals surface area contributed by atoms with Gasteiger partial charge in [0.05, 0.1) is 13.2 Å². The Morgan fingerprint density at radius 3 is 1.21 bits per heavy atom. The summed E-state index contributed by atoms with van der Waals surface area (Å²) in [4.78, 5) is 48.1. The first-order valence-corrected chi connectivity index (χ1v) is 15.0. The molecule has 250 valence electrons. The molecule has 0 atom stereocenters. The fourth-order valence-corrected chi connectivity index (χ4v) is 4.01. The third-order valence-electron chi connectivity index (χ3n) is 6.29. The fourth-order valence-electron chi connectivity index (χ4n) is 4.01. The molecule has 48 heavy (non-hydrogen) atoms. The monoisotopic (exact) mass is 656 g/mol. The van der Waals surface area contributed by atoms with Gasteiger partial charge in [0, 0.05) is 11.4 Å². The summed E-state index contributed by atoms with van der Waals surface area (Å²) in [5, 5.41) is 5.44. The summed E-state index contributed by atoms with van der Waals surface area (Å²) in [6.45, 7) is -0.541. The second-order valence-electron chi connectivity index (χ2n) is 10.1. The number of rotatable bonds is 19. The van der Waals surface area contributed by atoms with Gasteiger partial charge in [-0.25, -0.2) is 9.59 Å². The van der Waals surface area contributed by atoms with Gasteiger partial charge >= 0.3 is 11.9 Å². The van der Waals surface area contributed by atoms with Gasteiger partial charge in [0.2, 0.25) is 11.8 Å². The Labute approximate surface area is 277 Å². The van der Waals surface area contributed by atoms with Crippen LogP contribution in [-0.2, 0) is 51.3 Å². The lowest BCUT2D eigenvalue weighted by Gasteiger charge is -2.10. The molecule has 12 heteroatoms. The van der Waals surface area contributed by atoms with Crippen molar-refractivity contribution >= 4 is 35.1 Å². The maximum absolute atomic E-state index is 12.1. The zero-order valence-electron chi connectivity index (χ0n) is 26.1. The van der Waals surface area contributed by atoms with Gasteiger partial charge in [-0.1, -0.05) is 60.7 Å². The molecule has 0 unspecified atom stereocenters. The molecule has 0 radical (unpaired) electrons. The predicted molar refractivity (Wildman–Crippen MR) is 175 cm³/mol. The fraction of sp³-hybridized carbons (Fsp3) is 0.222. The lowest BCUT2D eigenvalue weighted by Crippen LogP contribution is -2.21. The molecule has 0 spiro atoms. The number of nitrogens with one attached hydrogen (secondary N) is 2. The van der Waals surface area contributed by atoms with Crippen molar-refractivity contribution in [1.82, 2.24) is 0 Å². The van der Waals surface area contributed by atoms with Gasteiger partial charge in [-0.15, -0.1) is 0 Å². The number of amides is 2. The molecule has 0 aromatic heterocycles. The third kappa shape index (κ3) is 13.7. The minimum Gasteiger partial charge on any atom is -0.482 e. The zero-order chi connectivity index (χ0) is 33.8. The molecule has 12 nitrogen and oxygen atoms in total. The Morgan fingerprint density at radius 1 is 0.458 bits per heavy atom. The molecule has 2 N–H and O–H groups in total. The Morgan fingerprint density at radius 2 is 0.833 bits per heavy atom. The Kier molecular flexibility index (Phi) is 14.4. The third-order valence-corrected chi connectivity index (χ3v) is 6.29. The number of hydrogen-bond donors (Lipinski definition) is 2. The van der Waals surface area contributed by atoms with Gasteiger partial charge in [-0.3, -0.25) is 9.59 Å². The topological polar surface area (TPSA) is 148 Å². The van der Waals surface area contributed by atoms with Gasteiger partial charge < -0.3 is 39.1 Å².